The van der Waals surface area contributed by atoms with E-state index in [-0.39, 0.29) is 17.7 Å². The molecule has 1 aromatic heterocycles. The molecule has 0 aromatic carbocycles. The Morgan fingerprint density at radius 3 is 2.65 bits per heavy atom. The van der Waals surface area contributed by atoms with Gasteiger partial charge in [-0.2, -0.15) is 0 Å². The maximum absolute atomic E-state index is 12.6. The summed E-state index contributed by atoms with van der Waals surface area (Å²) in [5.74, 6) is 0.119. The van der Waals surface area contributed by atoms with Crippen LogP contribution in [0.5, 0.6) is 0 Å². The summed E-state index contributed by atoms with van der Waals surface area (Å²) < 4.78 is 0. The molecule has 23 heavy (non-hydrogen) atoms. The second-order valence-electron chi connectivity index (χ2n) is 6.43. The number of aromatic nitrogens is 1. The third-order valence-corrected chi connectivity index (χ3v) is 4.80. The van der Waals surface area contributed by atoms with Gasteiger partial charge in [0.1, 0.15) is 0 Å². The Kier molecular flexibility index (Phi) is 4.91. The van der Waals surface area contributed by atoms with E-state index in [1.165, 1.54) is 0 Å². The van der Waals surface area contributed by atoms with Crippen LogP contribution in [0, 0.1) is 5.92 Å². The van der Waals surface area contributed by atoms with E-state index in [1.54, 1.807) is 11.9 Å². The Labute approximate surface area is 137 Å². The number of carbonyl (C=O) groups excluding carboxylic acids is 2. The molecular formula is C17H24N4O2. The quantitative estimate of drug-likeness (QED) is 0.819. The van der Waals surface area contributed by atoms with Crippen LogP contribution in [-0.4, -0.2) is 71.3 Å². The fourth-order valence-electron chi connectivity index (χ4n) is 3.26. The summed E-state index contributed by atoms with van der Waals surface area (Å²) in [4.78, 5) is 34.7. The Morgan fingerprint density at radius 1 is 1.22 bits per heavy atom. The van der Waals surface area contributed by atoms with Gasteiger partial charge in [0.05, 0.1) is 5.69 Å². The van der Waals surface area contributed by atoms with Gasteiger partial charge < -0.3 is 9.80 Å². The number of carbonyl (C=O) groups is 2. The zero-order valence-electron chi connectivity index (χ0n) is 13.6. The largest absolute Gasteiger partial charge is 0.346 e. The van der Waals surface area contributed by atoms with Crippen LogP contribution in [0.2, 0.25) is 0 Å². The van der Waals surface area contributed by atoms with Crippen molar-refractivity contribution < 1.29 is 9.59 Å². The van der Waals surface area contributed by atoms with Gasteiger partial charge in [0.2, 0.25) is 11.8 Å². The van der Waals surface area contributed by atoms with Gasteiger partial charge in [-0.15, -0.1) is 0 Å². The third-order valence-electron chi connectivity index (χ3n) is 4.80. The van der Waals surface area contributed by atoms with Crippen molar-refractivity contribution in [3.63, 3.8) is 0 Å². The molecule has 3 rings (SSSR count). The molecule has 2 aliphatic heterocycles. The number of amides is 2. The number of hydrogen-bond donors (Lipinski definition) is 0. The number of piperidine rings is 1. The smallest absolute Gasteiger partial charge is 0.226 e. The monoisotopic (exact) mass is 316 g/mol. The van der Waals surface area contributed by atoms with Gasteiger partial charge in [-0.25, -0.2) is 0 Å². The number of likely N-dealkylation sites (tertiary alicyclic amines) is 1. The lowest BCUT2D eigenvalue weighted by atomic mass is 9.94. The number of piperazine rings is 1. The summed E-state index contributed by atoms with van der Waals surface area (Å²) >= 11 is 0. The number of nitrogens with zero attached hydrogens (tertiary/aromatic N) is 4. The van der Waals surface area contributed by atoms with Crippen LogP contribution in [-0.2, 0) is 16.1 Å². The summed E-state index contributed by atoms with van der Waals surface area (Å²) in [6.45, 7) is 4.73. The van der Waals surface area contributed by atoms with Crippen molar-refractivity contribution in [2.24, 2.45) is 5.92 Å². The molecule has 124 valence electrons. The molecule has 1 aromatic rings. The molecule has 0 N–H and O–H groups in total. The second-order valence-corrected chi connectivity index (χ2v) is 6.43. The zero-order chi connectivity index (χ0) is 16.2. The molecule has 0 spiro atoms. The molecule has 0 aliphatic carbocycles. The molecule has 1 atom stereocenters. The number of rotatable bonds is 3. The zero-order valence-corrected chi connectivity index (χ0v) is 13.6. The van der Waals surface area contributed by atoms with Crippen LogP contribution < -0.4 is 0 Å². The van der Waals surface area contributed by atoms with Crippen LogP contribution >= 0.6 is 0 Å². The van der Waals surface area contributed by atoms with Crippen molar-refractivity contribution in [2.75, 3.05) is 39.8 Å². The van der Waals surface area contributed by atoms with E-state index in [0.717, 1.165) is 44.8 Å². The van der Waals surface area contributed by atoms with Crippen molar-refractivity contribution in [2.45, 2.75) is 19.4 Å². The highest BCUT2D eigenvalue weighted by Crippen LogP contribution is 2.20. The molecular weight excluding hydrogens is 292 g/mol. The molecule has 2 aliphatic rings. The summed E-state index contributed by atoms with van der Waals surface area (Å²) in [5.41, 5.74) is 1.06. The predicted octanol–water partition coefficient (Wildman–Crippen LogP) is 0.594. The highest BCUT2D eigenvalue weighted by atomic mass is 16.2. The average Bonchev–Trinajstić information content (AvgIpc) is 2.58. The third kappa shape index (κ3) is 3.88. The SMILES string of the molecule is CN1CC[C@H](C(=O)N2CCN(Cc3ccccn3)CC2)CC1=O. The normalized spacial score (nSPS) is 23.2. The molecule has 6 heteroatoms. The first-order chi connectivity index (χ1) is 11.1. The fourth-order valence-corrected chi connectivity index (χ4v) is 3.26. The van der Waals surface area contributed by atoms with Crippen molar-refractivity contribution >= 4 is 11.8 Å². The van der Waals surface area contributed by atoms with E-state index >= 15 is 0 Å². The molecule has 2 fully saturated rings. The highest BCUT2D eigenvalue weighted by molar-refractivity contribution is 5.87. The minimum atomic E-state index is -0.124. The summed E-state index contributed by atoms with van der Waals surface area (Å²) in [6.07, 6.45) is 2.96. The fraction of sp³-hybridized carbons (Fsp3) is 0.588. The van der Waals surface area contributed by atoms with E-state index in [1.807, 2.05) is 29.3 Å². The standard InChI is InChI=1S/C17H24N4O2/c1-19-7-5-14(12-16(19)22)17(23)21-10-8-20(9-11-21)13-15-4-2-3-6-18-15/h2-4,6,14H,5,7-13H2,1H3/t14-/m0/s1. The minimum Gasteiger partial charge on any atom is -0.346 e. The minimum absolute atomic E-state index is 0.0865. The van der Waals surface area contributed by atoms with Gasteiger partial charge in [-0.05, 0) is 18.6 Å². The van der Waals surface area contributed by atoms with Gasteiger partial charge in [0, 0.05) is 64.9 Å². The summed E-state index contributed by atoms with van der Waals surface area (Å²) in [7, 11) is 1.80. The second kappa shape index (κ2) is 7.08. The molecule has 2 saturated heterocycles. The molecule has 6 nitrogen and oxygen atoms in total. The van der Waals surface area contributed by atoms with Gasteiger partial charge in [-0.1, -0.05) is 6.07 Å². The van der Waals surface area contributed by atoms with E-state index in [0.29, 0.717) is 13.0 Å². The average molecular weight is 316 g/mol. The van der Waals surface area contributed by atoms with E-state index in [9.17, 15) is 9.59 Å². The van der Waals surface area contributed by atoms with Crippen molar-refractivity contribution in [1.82, 2.24) is 19.7 Å². The molecule has 0 bridgehead atoms. The topological polar surface area (TPSA) is 56.8 Å². The van der Waals surface area contributed by atoms with Crippen molar-refractivity contribution in [3.05, 3.63) is 30.1 Å². The molecule has 0 unspecified atom stereocenters. The Morgan fingerprint density at radius 2 is 2.00 bits per heavy atom. The van der Waals surface area contributed by atoms with Crippen LogP contribution in [0.25, 0.3) is 0 Å². The Hall–Kier alpha value is -1.95. The van der Waals surface area contributed by atoms with E-state index < -0.39 is 0 Å². The Bertz CT molecular complexity index is 555. The lowest BCUT2D eigenvalue weighted by Crippen LogP contribution is -2.51. The lowest BCUT2D eigenvalue weighted by Gasteiger charge is -2.37. The van der Waals surface area contributed by atoms with Crippen molar-refractivity contribution in [1.29, 1.82) is 0 Å². The molecule has 0 radical (unpaired) electrons. The first-order valence-electron chi connectivity index (χ1n) is 8.28. The van der Waals surface area contributed by atoms with Crippen molar-refractivity contribution in [3.8, 4) is 0 Å². The van der Waals surface area contributed by atoms with E-state index in [4.69, 9.17) is 0 Å². The van der Waals surface area contributed by atoms with Gasteiger partial charge >= 0.3 is 0 Å². The first kappa shape index (κ1) is 15.9. The maximum atomic E-state index is 12.6. The van der Waals surface area contributed by atoms with Gasteiger partial charge in [0.25, 0.3) is 0 Å². The van der Waals surface area contributed by atoms with Crippen LogP contribution in [0.15, 0.2) is 24.4 Å². The Balaban J connectivity index is 1.49. The molecule has 2 amide bonds. The summed E-state index contributed by atoms with van der Waals surface area (Å²) in [6, 6.07) is 5.95. The molecule has 3 heterocycles. The maximum Gasteiger partial charge on any atom is 0.226 e. The molecule has 0 saturated carbocycles. The first-order valence-corrected chi connectivity index (χ1v) is 8.28. The number of hydrogen-bond acceptors (Lipinski definition) is 4. The van der Waals surface area contributed by atoms with Gasteiger partial charge in [-0.3, -0.25) is 19.5 Å². The van der Waals surface area contributed by atoms with Crippen LogP contribution in [0.1, 0.15) is 18.5 Å². The highest BCUT2D eigenvalue weighted by Gasteiger charge is 2.32. The van der Waals surface area contributed by atoms with Gasteiger partial charge in [0.15, 0.2) is 0 Å². The van der Waals surface area contributed by atoms with Crippen LogP contribution in [0.4, 0.5) is 0 Å². The summed E-state index contributed by atoms with van der Waals surface area (Å²) in [5, 5.41) is 0. The predicted molar refractivity (Wildman–Crippen MR) is 86.5 cm³/mol. The van der Waals surface area contributed by atoms with E-state index in [2.05, 4.69) is 9.88 Å². The number of pyridine rings is 1. The lowest BCUT2D eigenvalue weighted by molar-refractivity contribution is -0.145. The van der Waals surface area contributed by atoms with Crippen LogP contribution in [0.3, 0.4) is 0 Å².